The molecular formula is C9H16N2O. The van der Waals surface area contributed by atoms with E-state index in [1.165, 1.54) is 0 Å². The second-order valence-electron chi connectivity index (χ2n) is 4.18. The van der Waals surface area contributed by atoms with Gasteiger partial charge in [-0.3, -0.25) is 4.79 Å². The number of hydrogen-bond acceptors (Lipinski definition) is 2. The predicted octanol–water partition coefficient (Wildman–Crippen LogP) is -0.0236. The average molecular weight is 168 g/mol. The third kappa shape index (κ3) is 1.22. The normalized spacial score (nSPS) is 38.1. The van der Waals surface area contributed by atoms with Gasteiger partial charge >= 0.3 is 0 Å². The van der Waals surface area contributed by atoms with Crippen LogP contribution in [0.2, 0.25) is 0 Å². The average Bonchev–Trinajstić information content (AvgIpc) is 2.46. The van der Waals surface area contributed by atoms with Crippen LogP contribution in [0.15, 0.2) is 0 Å². The zero-order chi connectivity index (χ0) is 8.72. The maximum atomic E-state index is 11.3. The fourth-order valence-electron chi connectivity index (χ4n) is 1.96. The van der Waals surface area contributed by atoms with Crippen LogP contribution in [0.25, 0.3) is 0 Å². The van der Waals surface area contributed by atoms with Crippen molar-refractivity contribution in [3.63, 3.8) is 0 Å². The summed E-state index contributed by atoms with van der Waals surface area (Å²) >= 11 is 0. The van der Waals surface area contributed by atoms with E-state index in [1.54, 1.807) is 0 Å². The van der Waals surface area contributed by atoms with Crippen molar-refractivity contribution >= 4 is 5.91 Å². The highest BCUT2D eigenvalue weighted by Crippen LogP contribution is 2.41. The zero-order valence-electron chi connectivity index (χ0n) is 7.63. The second-order valence-corrected chi connectivity index (χ2v) is 4.18. The number of rotatable bonds is 2. The van der Waals surface area contributed by atoms with Gasteiger partial charge in [0.15, 0.2) is 0 Å². The van der Waals surface area contributed by atoms with E-state index in [4.69, 9.17) is 0 Å². The van der Waals surface area contributed by atoms with Gasteiger partial charge in [-0.2, -0.15) is 0 Å². The molecule has 12 heavy (non-hydrogen) atoms. The van der Waals surface area contributed by atoms with Crippen molar-refractivity contribution in [2.24, 2.45) is 17.8 Å². The van der Waals surface area contributed by atoms with Gasteiger partial charge in [0.05, 0.1) is 0 Å². The molecule has 0 aromatic carbocycles. The molecule has 68 valence electrons. The minimum Gasteiger partial charge on any atom is -0.352 e. The van der Waals surface area contributed by atoms with Crippen molar-refractivity contribution in [3.05, 3.63) is 0 Å². The number of fused-ring (bicyclic) bond motifs is 1. The van der Waals surface area contributed by atoms with Gasteiger partial charge in [-0.15, -0.1) is 0 Å². The lowest BCUT2D eigenvalue weighted by molar-refractivity contribution is -0.124. The third-order valence-electron chi connectivity index (χ3n) is 2.92. The smallest absolute Gasteiger partial charge is 0.222 e. The maximum absolute atomic E-state index is 11.3. The summed E-state index contributed by atoms with van der Waals surface area (Å²) in [6.07, 6.45) is 0. The van der Waals surface area contributed by atoms with Gasteiger partial charge in [0.1, 0.15) is 0 Å². The lowest BCUT2D eigenvalue weighted by atomic mass is 10.2. The lowest BCUT2D eigenvalue weighted by Crippen LogP contribution is -2.34. The molecule has 0 spiro atoms. The first-order chi connectivity index (χ1) is 5.70. The fraction of sp³-hybridized carbons (Fsp3) is 0.889. The van der Waals surface area contributed by atoms with Gasteiger partial charge in [-0.1, -0.05) is 13.8 Å². The quantitative estimate of drug-likeness (QED) is 0.608. The van der Waals surface area contributed by atoms with E-state index in [-0.39, 0.29) is 11.8 Å². The molecule has 1 saturated carbocycles. The van der Waals surface area contributed by atoms with Crippen molar-refractivity contribution < 1.29 is 4.79 Å². The lowest BCUT2D eigenvalue weighted by Gasteiger charge is -2.09. The number of carbonyl (C=O) groups excluding carboxylic acids is 1. The molecule has 2 unspecified atom stereocenters. The van der Waals surface area contributed by atoms with Gasteiger partial charge in [0, 0.05) is 25.0 Å². The highest BCUT2D eigenvalue weighted by atomic mass is 16.1. The molecule has 1 saturated heterocycles. The topological polar surface area (TPSA) is 41.1 Å². The van der Waals surface area contributed by atoms with Crippen molar-refractivity contribution in [3.8, 4) is 0 Å². The summed E-state index contributed by atoms with van der Waals surface area (Å²) in [6, 6.07) is 0.487. The van der Waals surface area contributed by atoms with Crippen LogP contribution in [0.3, 0.4) is 0 Å². The van der Waals surface area contributed by atoms with E-state index in [1.807, 2.05) is 13.8 Å². The summed E-state index contributed by atoms with van der Waals surface area (Å²) in [5.74, 6) is 1.79. The van der Waals surface area contributed by atoms with E-state index in [0.717, 1.165) is 24.9 Å². The minimum atomic E-state index is 0.124. The monoisotopic (exact) mass is 168 g/mol. The molecule has 1 aliphatic carbocycles. The van der Waals surface area contributed by atoms with Crippen LogP contribution in [-0.4, -0.2) is 25.0 Å². The van der Waals surface area contributed by atoms with Crippen LogP contribution in [0.1, 0.15) is 13.8 Å². The Kier molecular flexibility index (Phi) is 1.83. The van der Waals surface area contributed by atoms with E-state index in [9.17, 15) is 4.79 Å². The van der Waals surface area contributed by atoms with Crippen LogP contribution in [0.5, 0.6) is 0 Å². The Bertz CT molecular complexity index is 193. The summed E-state index contributed by atoms with van der Waals surface area (Å²) in [4.78, 5) is 11.3. The Morgan fingerprint density at radius 2 is 2.00 bits per heavy atom. The predicted molar refractivity (Wildman–Crippen MR) is 46.6 cm³/mol. The van der Waals surface area contributed by atoms with E-state index < -0.39 is 0 Å². The molecule has 0 bridgehead atoms. The molecule has 1 heterocycles. The van der Waals surface area contributed by atoms with Crippen LogP contribution in [-0.2, 0) is 4.79 Å². The summed E-state index contributed by atoms with van der Waals surface area (Å²) in [5, 5.41) is 6.38. The molecule has 0 aromatic heterocycles. The Labute approximate surface area is 72.9 Å². The molecule has 1 aliphatic heterocycles. The Balaban J connectivity index is 1.79. The van der Waals surface area contributed by atoms with Gasteiger partial charge in [-0.25, -0.2) is 0 Å². The fourth-order valence-corrected chi connectivity index (χ4v) is 1.96. The first-order valence-electron chi connectivity index (χ1n) is 4.71. The summed E-state index contributed by atoms with van der Waals surface area (Å²) in [6.45, 7) is 6.05. The molecule has 2 aliphatic rings. The Morgan fingerprint density at radius 3 is 2.50 bits per heavy atom. The summed E-state index contributed by atoms with van der Waals surface area (Å²) in [7, 11) is 0. The molecule has 2 rings (SSSR count). The van der Waals surface area contributed by atoms with Crippen molar-refractivity contribution in [2.75, 3.05) is 13.1 Å². The van der Waals surface area contributed by atoms with Crippen LogP contribution in [0, 0.1) is 17.8 Å². The molecule has 3 heteroatoms. The minimum absolute atomic E-state index is 0.124. The third-order valence-corrected chi connectivity index (χ3v) is 2.92. The molecule has 3 nitrogen and oxygen atoms in total. The van der Waals surface area contributed by atoms with Crippen LogP contribution in [0.4, 0.5) is 0 Å². The second kappa shape index (κ2) is 2.73. The molecule has 2 N–H and O–H groups in total. The number of amides is 1. The largest absolute Gasteiger partial charge is 0.352 e. The van der Waals surface area contributed by atoms with Crippen LogP contribution >= 0.6 is 0 Å². The molecule has 0 radical (unpaired) electrons. The highest BCUT2D eigenvalue weighted by molar-refractivity contribution is 5.78. The standard InChI is InChI=1S/C9H16N2O/c1-5(2)9(12)11-8-6-3-10-4-7(6)8/h5-8,10H,3-4H2,1-2H3,(H,11,12). The number of piperidine rings is 1. The van der Waals surface area contributed by atoms with E-state index in [0.29, 0.717) is 6.04 Å². The zero-order valence-corrected chi connectivity index (χ0v) is 7.63. The van der Waals surface area contributed by atoms with Gasteiger partial charge in [0.2, 0.25) is 5.91 Å². The Hall–Kier alpha value is -0.570. The molecule has 0 aromatic rings. The summed E-state index contributed by atoms with van der Waals surface area (Å²) < 4.78 is 0. The van der Waals surface area contributed by atoms with Crippen molar-refractivity contribution in [1.29, 1.82) is 0 Å². The molecule has 1 amide bonds. The van der Waals surface area contributed by atoms with Gasteiger partial charge in [-0.05, 0) is 11.8 Å². The molecule has 2 fully saturated rings. The van der Waals surface area contributed by atoms with E-state index in [2.05, 4.69) is 10.6 Å². The first kappa shape index (κ1) is 8.05. The molecular weight excluding hydrogens is 152 g/mol. The highest BCUT2D eigenvalue weighted by Gasteiger charge is 2.53. The molecule has 2 atom stereocenters. The van der Waals surface area contributed by atoms with E-state index >= 15 is 0 Å². The Morgan fingerprint density at radius 1 is 1.42 bits per heavy atom. The van der Waals surface area contributed by atoms with Gasteiger partial charge < -0.3 is 10.6 Å². The van der Waals surface area contributed by atoms with Crippen molar-refractivity contribution in [2.45, 2.75) is 19.9 Å². The first-order valence-corrected chi connectivity index (χ1v) is 4.71. The van der Waals surface area contributed by atoms with Crippen molar-refractivity contribution in [1.82, 2.24) is 10.6 Å². The van der Waals surface area contributed by atoms with Crippen LogP contribution < -0.4 is 10.6 Å². The van der Waals surface area contributed by atoms with Gasteiger partial charge in [0.25, 0.3) is 0 Å². The SMILES string of the molecule is CC(C)C(=O)NC1C2CNCC21. The summed E-state index contributed by atoms with van der Waals surface area (Å²) in [5.41, 5.74) is 0. The number of carbonyl (C=O) groups is 1. The number of nitrogens with one attached hydrogen (secondary N) is 2. The maximum Gasteiger partial charge on any atom is 0.222 e. The number of hydrogen-bond donors (Lipinski definition) is 2.